The van der Waals surface area contributed by atoms with E-state index in [0.29, 0.717) is 0 Å². The van der Waals surface area contributed by atoms with E-state index < -0.39 is 23.3 Å². The molecule has 1 aliphatic rings. The number of hydroxylamine groups is 2. The second kappa shape index (κ2) is 9.25. The molecule has 1 atom stereocenters. The molecule has 0 saturated heterocycles. The van der Waals surface area contributed by atoms with E-state index in [1.54, 1.807) is 24.3 Å². The van der Waals surface area contributed by atoms with E-state index in [1.807, 2.05) is 91.0 Å². The predicted molar refractivity (Wildman–Crippen MR) is 134 cm³/mol. The van der Waals surface area contributed by atoms with Crippen LogP contribution in [0, 0.1) is 0 Å². The average Bonchev–Trinajstić information content (AvgIpc) is 3.58. The van der Waals surface area contributed by atoms with Crippen LogP contribution in [0.15, 0.2) is 115 Å². The maximum absolute atomic E-state index is 13.4. The first kappa shape index (κ1) is 22.5. The first-order chi connectivity index (χ1) is 18.2. The molecule has 2 heterocycles. The van der Waals surface area contributed by atoms with Crippen molar-refractivity contribution in [1.82, 2.24) is 25.7 Å². The Labute approximate surface area is 212 Å². The van der Waals surface area contributed by atoms with Crippen molar-refractivity contribution in [2.75, 3.05) is 0 Å². The largest absolute Gasteiger partial charge is 0.285 e. The van der Waals surface area contributed by atoms with Crippen molar-refractivity contribution >= 4 is 11.8 Å². The Bertz CT molecular complexity index is 1410. The molecule has 180 valence electrons. The van der Waals surface area contributed by atoms with E-state index in [-0.39, 0.29) is 17.0 Å². The van der Waals surface area contributed by atoms with Crippen LogP contribution in [0.1, 0.15) is 49.3 Å². The Morgan fingerprint density at radius 2 is 1.08 bits per heavy atom. The van der Waals surface area contributed by atoms with Crippen molar-refractivity contribution in [1.29, 1.82) is 0 Å². The number of fused-ring (bicyclic) bond motifs is 1. The van der Waals surface area contributed by atoms with Gasteiger partial charge in [0.05, 0.1) is 16.5 Å². The Balaban J connectivity index is 1.62. The average molecular weight is 488 g/mol. The zero-order chi connectivity index (χ0) is 25.2. The van der Waals surface area contributed by atoms with Crippen LogP contribution in [0.3, 0.4) is 0 Å². The number of carbonyl (C=O) groups excluding carboxylic acids is 2. The number of aromatic amines is 1. The number of aromatic nitrogens is 4. The number of nitrogens with one attached hydrogen (secondary N) is 1. The molecule has 0 saturated carbocycles. The number of rotatable bonds is 7. The number of hydrogen-bond acceptors (Lipinski definition) is 6. The van der Waals surface area contributed by atoms with Crippen LogP contribution in [0.5, 0.6) is 0 Å². The van der Waals surface area contributed by atoms with Crippen molar-refractivity contribution in [3.05, 3.63) is 149 Å². The monoisotopic (exact) mass is 487 g/mol. The normalized spacial score (nSPS) is 14.0. The summed E-state index contributed by atoms with van der Waals surface area (Å²) in [4.78, 5) is 33.2. The first-order valence-corrected chi connectivity index (χ1v) is 11.8. The van der Waals surface area contributed by atoms with Crippen LogP contribution in [0.2, 0.25) is 0 Å². The quantitative estimate of drug-likeness (QED) is 0.268. The minimum absolute atomic E-state index is 0.258. The van der Waals surface area contributed by atoms with Crippen LogP contribution in [-0.4, -0.2) is 37.5 Å². The number of tetrazole rings is 1. The minimum atomic E-state index is -1.06. The standard InChI is InChI=1S/C29H21N5O3/c35-27-23-18-10-11-19-24(23)28(36)34(27)37-25(26-30-32-33-31-26)29(20-12-4-1-5-13-20,21-14-6-2-7-15-21)22-16-8-3-9-17-22/h1-19,25H,(H,30,31,32,33). The lowest BCUT2D eigenvalue weighted by Gasteiger charge is -2.41. The third kappa shape index (κ3) is 3.62. The van der Waals surface area contributed by atoms with E-state index in [9.17, 15) is 9.59 Å². The number of carbonyl (C=O) groups is 2. The number of benzene rings is 4. The Morgan fingerprint density at radius 3 is 1.49 bits per heavy atom. The summed E-state index contributed by atoms with van der Waals surface area (Å²) in [7, 11) is 0. The van der Waals surface area contributed by atoms with Gasteiger partial charge in [-0.05, 0) is 39.2 Å². The summed E-state index contributed by atoms with van der Waals surface area (Å²) < 4.78 is 0. The molecule has 0 radical (unpaired) electrons. The van der Waals surface area contributed by atoms with Gasteiger partial charge in [0.2, 0.25) is 0 Å². The van der Waals surface area contributed by atoms with Gasteiger partial charge in [-0.25, -0.2) is 9.94 Å². The van der Waals surface area contributed by atoms with Crippen LogP contribution in [-0.2, 0) is 10.3 Å². The van der Waals surface area contributed by atoms with Gasteiger partial charge in [0.15, 0.2) is 11.9 Å². The van der Waals surface area contributed by atoms with E-state index in [4.69, 9.17) is 4.84 Å². The molecule has 8 heteroatoms. The predicted octanol–water partition coefficient (Wildman–Crippen LogP) is 4.50. The van der Waals surface area contributed by atoms with Gasteiger partial charge in [-0.2, -0.15) is 0 Å². The van der Waals surface area contributed by atoms with Gasteiger partial charge < -0.3 is 0 Å². The molecular formula is C29H21N5O3. The first-order valence-electron chi connectivity index (χ1n) is 11.8. The molecule has 5 aromatic rings. The lowest BCUT2D eigenvalue weighted by atomic mass is 9.65. The molecule has 6 rings (SSSR count). The van der Waals surface area contributed by atoms with Crippen molar-refractivity contribution in [3.63, 3.8) is 0 Å². The second-order valence-electron chi connectivity index (χ2n) is 8.63. The highest BCUT2D eigenvalue weighted by atomic mass is 16.7. The van der Waals surface area contributed by atoms with Gasteiger partial charge in [-0.15, -0.1) is 10.2 Å². The Hall–Kier alpha value is -4.95. The molecule has 1 aliphatic heterocycles. The third-order valence-electron chi connectivity index (χ3n) is 6.66. The summed E-state index contributed by atoms with van der Waals surface area (Å²) in [5.74, 6) is -0.824. The summed E-state index contributed by atoms with van der Waals surface area (Å²) in [5, 5.41) is 15.5. The fraction of sp³-hybridized carbons (Fsp3) is 0.0690. The van der Waals surface area contributed by atoms with Crippen molar-refractivity contribution in [2.24, 2.45) is 0 Å². The minimum Gasteiger partial charge on any atom is -0.266 e. The van der Waals surface area contributed by atoms with E-state index in [2.05, 4.69) is 20.6 Å². The maximum atomic E-state index is 13.4. The van der Waals surface area contributed by atoms with E-state index in [0.717, 1.165) is 21.8 Å². The Morgan fingerprint density at radius 1 is 0.649 bits per heavy atom. The summed E-state index contributed by atoms with van der Waals surface area (Å²) >= 11 is 0. The zero-order valence-corrected chi connectivity index (χ0v) is 19.6. The molecule has 0 bridgehead atoms. The molecule has 1 aromatic heterocycles. The highest BCUT2D eigenvalue weighted by Crippen LogP contribution is 2.50. The molecule has 1 N–H and O–H groups in total. The van der Waals surface area contributed by atoms with Gasteiger partial charge in [0.25, 0.3) is 11.8 Å². The Kier molecular flexibility index (Phi) is 5.63. The number of hydrogen-bond donors (Lipinski definition) is 1. The molecule has 1 unspecified atom stereocenters. The highest BCUT2D eigenvalue weighted by molar-refractivity contribution is 6.20. The topological polar surface area (TPSA) is 101 Å². The molecule has 0 aliphatic carbocycles. The van der Waals surface area contributed by atoms with Crippen molar-refractivity contribution < 1.29 is 14.4 Å². The van der Waals surface area contributed by atoms with Gasteiger partial charge in [0.1, 0.15) is 0 Å². The molecule has 2 amide bonds. The van der Waals surface area contributed by atoms with E-state index >= 15 is 0 Å². The summed E-state index contributed by atoms with van der Waals surface area (Å²) in [5.41, 5.74) is 2.11. The van der Waals surface area contributed by atoms with Gasteiger partial charge in [-0.1, -0.05) is 103 Å². The maximum Gasteiger partial charge on any atom is 0.285 e. The van der Waals surface area contributed by atoms with Gasteiger partial charge in [0, 0.05) is 0 Å². The fourth-order valence-electron chi connectivity index (χ4n) is 5.04. The third-order valence-corrected chi connectivity index (χ3v) is 6.66. The fourth-order valence-corrected chi connectivity index (χ4v) is 5.04. The SMILES string of the molecule is O=C1c2ccccc2C(=O)N1OC(c1nnn[nH]1)C(c1ccccc1)(c1ccccc1)c1ccccc1. The van der Waals surface area contributed by atoms with Crippen molar-refractivity contribution in [2.45, 2.75) is 11.5 Å². The molecular weight excluding hydrogens is 466 g/mol. The number of amides is 2. The van der Waals surface area contributed by atoms with Gasteiger partial charge >= 0.3 is 0 Å². The molecule has 0 fully saturated rings. The summed E-state index contributed by atoms with van der Waals surface area (Å²) in [6, 6.07) is 36.0. The molecule has 0 spiro atoms. The summed E-state index contributed by atoms with van der Waals surface area (Å²) in [6.45, 7) is 0. The van der Waals surface area contributed by atoms with Crippen LogP contribution in [0.4, 0.5) is 0 Å². The van der Waals surface area contributed by atoms with Gasteiger partial charge in [-0.3, -0.25) is 9.59 Å². The summed E-state index contributed by atoms with van der Waals surface area (Å²) in [6.07, 6.45) is -1.03. The number of imide groups is 1. The number of H-pyrrole nitrogens is 1. The van der Waals surface area contributed by atoms with E-state index in [1.165, 1.54) is 0 Å². The zero-order valence-electron chi connectivity index (χ0n) is 19.6. The lowest BCUT2D eigenvalue weighted by Crippen LogP contribution is -2.43. The molecule has 37 heavy (non-hydrogen) atoms. The molecule has 8 nitrogen and oxygen atoms in total. The second-order valence-corrected chi connectivity index (χ2v) is 8.63. The van der Waals surface area contributed by atoms with Crippen LogP contribution < -0.4 is 0 Å². The van der Waals surface area contributed by atoms with Crippen LogP contribution >= 0.6 is 0 Å². The highest BCUT2D eigenvalue weighted by Gasteiger charge is 2.51. The van der Waals surface area contributed by atoms with Crippen molar-refractivity contribution in [3.8, 4) is 0 Å². The number of nitrogens with zero attached hydrogens (tertiary/aromatic N) is 4. The van der Waals surface area contributed by atoms with Crippen LogP contribution in [0.25, 0.3) is 0 Å². The smallest absolute Gasteiger partial charge is 0.266 e. The molecule has 4 aromatic carbocycles. The lowest BCUT2D eigenvalue weighted by molar-refractivity contribution is -0.151.